The fourth-order valence-corrected chi connectivity index (χ4v) is 0.700. The molecule has 1 N–H and O–H groups in total. The van der Waals surface area contributed by atoms with Crippen LogP contribution in [-0.2, 0) is 0 Å². The molecule has 0 aromatic rings. The minimum Gasteiger partial charge on any atom is -0.383 e. The average molecular weight is 130 g/mol. The predicted molar refractivity (Wildman–Crippen MR) is 35.7 cm³/mol. The molecule has 8 heavy (non-hydrogen) atoms. The van der Waals surface area contributed by atoms with Crippen LogP contribution in [0.3, 0.4) is 0 Å². The van der Waals surface area contributed by atoms with Crippen molar-refractivity contribution in [2.75, 3.05) is 0 Å². The average Bonchev–Trinajstić information content (AvgIpc) is 1.77. The molecule has 1 atom stereocenters. The first-order valence-electron chi connectivity index (χ1n) is 2.59. The molecule has 0 saturated carbocycles. The Morgan fingerprint density at radius 2 is 2.50 bits per heavy atom. The van der Waals surface area contributed by atoms with Crippen molar-refractivity contribution in [3.8, 4) is 0 Å². The van der Waals surface area contributed by atoms with E-state index in [0.717, 1.165) is 5.03 Å². The van der Waals surface area contributed by atoms with Gasteiger partial charge in [-0.3, -0.25) is 0 Å². The molecule has 1 aliphatic rings. The van der Waals surface area contributed by atoms with Gasteiger partial charge in [0, 0.05) is 5.03 Å². The molecule has 0 saturated heterocycles. The summed E-state index contributed by atoms with van der Waals surface area (Å²) in [4.78, 5) is 0. The molecule has 0 aliphatic carbocycles. The zero-order valence-electron chi connectivity index (χ0n) is 4.69. The van der Waals surface area contributed by atoms with Gasteiger partial charge in [-0.1, -0.05) is 11.6 Å². The Bertz CT molecular complexity index is 137. The van der Waals surface area contributed by atoms with E-state index in [4.69, 9.17) is 11.6 Å². The maximum atomic E-state index is 5.71. The van der Waals surface area contributed by atoms with Crippen LogP contribution in [0.25, 0.3) is 0 Å². The first-order chi connectivity index (χ1) is 3.80. The van der Waals surface area contributed by atoms with Gasteiger partial charge in [-0.25, -0.2) is 0 Å². The molecular weight excluding hydrogens is 122 g/mol. The summed E-state index contributed by atoms with van der Waals surface area (Å²) in [5.41, 5.74) is 0. The van der Waals surface area contributed by atoms with Crippen LogP contribution in [0, 0.1) is 0 Å². The van der Waals surface area contributed by atoms with Gasteiger partial charge in [0.05, 0.1) is 6.04 Å². The molecule has 1 nitrogen and oxygen atoms in total. The van der Waals surface area contributed by atoms with Crippen molar-refractivity contribution in [3.63, 3.8) is 0 Å². The summed E-state index contributed by atoms with van der Waals surface area (Å²) in [5.74, 6) is 0. The summed E-state index contributed by atoms with van der Waals surface area (Å²) in [6, 6.07) is 0.293. The molecule has 0 aromatic carbocycles. The maximum Gasteiger partial charge on any atom is 0.0586 e. The molecule has 0 spiro atoms. The lowest BCUT2D eigenvalue weighted by molar-refractivity contribution is 0.748. The van der Waals surface area contributed by atoms with Crippen LogP contribution >= 0.6 is 11.6 Å². The molecule has 2 heteroatoms. The number of nitrogens with one attached hydrogen (secondary N) is 1. The Morgan fingerprint density at radius 3 is 2.88 bits per heavy atom. The van der Waals surface area contributed by atoms with Gasteiger partial charge in [0.15, 0.2) is 0 Å². The van der Waals surface area contributed by atoms with E-state index in [1.165, 1.54) is 0 Å². The highest BCUT2D eigenvalue weighted by Gasteiger charge is 2.03. The van der Waals surface area contributed by atoms with E-state index >= 15 is 0 Å². The Hall–Kier alpha value is -0.430. The molecule has 0 amide bonds. The molecule has 0 aromatic heterocycles. The van der Waals surface area contributed by atoms with Gasteiger partial charge in [0.25, 0.3) is 0 Å². The number of dihydropyridines is 1. The highest BCUT2D eigenvalue weighted by Crippen LogP contribution is 2.09. The van der Waals surface area contributed by atoms with E-state index in [1.807, 2.05) is 25.3 Å². The Balaban J connectivity index is 2.66. The van der Waals surface area contributed by atoms with E-state index in [2.05, 4.69) is 5.32 Å². The zero-order chi connectivity index (χ0) is 5.98. The van der Waals surface area contributed by atoms with Gasteiger partial charge in [-0.05, 0) is 25.3 Å². The second-order valence-electron chi connectivity index (χ2n) is 1.80. The minimum atomic E-state index is 0.293. The molecule has 0 radical (unpaired) electrons. The van der Waals surface area contributed by atoms with E-state index in [1.54, 1.807) is 0 Å². The van der Waals surface area contributed by atoms with Crippen LogP contribution in [0.1, 0.15) is 6.92 Å². The van der Waals surface area contributed by atoms with Crippen molar-refractivity contribution in [2.45, 2.75) is 13.0 Å². The number of rotatable bonds is 0. The minimum absolute atomic E-state index is 0.293. The van der Waals surface area contributed by atoms with Gasteiger partial charge >= 0.3 is 0 Å². The summed E-state index contributed by atoms with van der Waals surface area (Å²) >= 11 is 5.71. The smallest absolute Gasteiger partial charge is 0.0586 e. The molecular formula is C6H8ClN. The molecule has 0 bridgehead atoms. The van der Waals surface area contributed by atoms with Gasteiger partial charge in [0.2, 0.25) is 0 Å². The van der Waals surface area contributed by atoms with E-state index in [9.17, 15) is 0 Å². The summed E-state index contributed by atoms with van der Waals surface area (Å²) < 4.78 is 0. The van der Waals surface area contributed by atoms with Gasteiger partial charge in [0.1, 0.15) is 0 Å². The highest BCUT2D eigenvalue weighted by molar-refractivity contribution is 6.30. The molecule has 1 heterocycles. The fraction of sp³-hybridized carbons (Fsp3) is 0.333. The summed E-state index contributed by atoms with van der Waals surface area (Å²) in [6.45, 7) is 2.02. The topological polar surface area (TPSA) is 12.0 Å². The lowest BCUT2D eigenvalue weighted by Crippen LogP contribution is -2.22. The number of allylic oxidation sites excluding steroid dienone is 2. The quantitative estimate of drug-likeness (QED) is 0.524. The van der Waals surface area contributed by atoms with Gasteiger partial charge in [-0.2, -0.15) is 0 Å². The molecule has 1 unspecified atom stereocenters. The van der Waals surface area contributed by atoms with Crippen molar-refractivity contribution in [3.05, 3.63) is 23.4 Å². The second kappa shape index (κ2) is 2.23. The Kier molecular flexibility index (Phi) is 1.59. The third kappa shape index (κ3) is 1.04. The van der Waals surface area contributed by atoms with Crippen molar-refractivity contribution in [1.82, 2.24) is 5.32 Å². The van der Waals surface area contributed by atoms with Crippen LogP contribution in [0.15, 0.2) is 23.4 Å². The third-order valence-electron chi connectivity index (χ3n) is 1.11. The Morgan fingerprint density at radius 1 is 1.75 bits per heavy atom. The summed E-state index contributed by atoms with van der Waals surface area (Å²) in [5, 5.41) is 3.92. The lowest BCUT2D eigenvalue weighted by Gasteiger charge is -2.12. The third-order valence-corrected chi connectivity index (χ3v) is 1.56. The normalized spacial score (nSPS) is 26.8. The molecule has 1 aliphatic heterocycles. The fourth-order valence-electron chi connectivity index (χ4n) is 0.564. The number of halogens is 1. The van der Waals surface area contributed by atoms with Crippen molar-refractivity contribution in [2.24, 2.45) is 0 Å². The Labute approximate surface area is 54.0 Å². The first kappa shape index (κ1) is 5.70. The van der Waals surface area contributed by atoms with Crippen molar-refractivity contribution < 1.29 is 0 Å². The van der Waals surface area contributed by atoms with Crippen LogP contribution in [-0.4, -0.2) is 6.04 Å². The summed E-state index contributed by atoms with van der Waals surface area (Å²) in [7, 11) is 0. The summed E-state index contributed by atoms with van der Waals surface area (Å²) in [6.07, 6.45) is 5.67. The molecule has 44 valence electrons. The molecule has 1 rings (SSSR count). The molecule has 0 fully saturated rings. The number of hydrogen-bond donors (Lipinski definition) is 1. The van der Waals surface area contributed by atoms with Crippen LogP contribution < -0.4 is 5.32 Å². The SMILES string of the molecule is CC1NC=CC=C1Cl. The van der Waals surface area contributed by atoms with Gasteiger partial charge in [-0.15, -0.1) is 0 Å². The maximum absolute atomic E-state index is 5.71. The standard InChI is InChI=1S/C6H8ClN/c1-5-6(7)3-2-4-8-5/h2-5,8H,1H3. The van der Waals surface area contributed by atoms with Crippen LogP contribution in [0.2, 0.25) is 0 Å². The van der Waals surface area contributed by atoms with Crippen molar-refractivity contribution in [1.29, 1.82) is 0 Å². The first-order valence-corrected chi connectivity index (χ1v) is 2.97. The van der Waals surface area contributed by atoms with E-state index < -0.39 is 0 Å². The zero-order valence-corrected chi connectivity index (χ0v) is 5.44. The van der Waals surface area contributed by atoms with Gasteiger partial charge < -0.3 is 5.32 Å². The van der Waals surface area contributed by atoms with Crippen LogP contribution in [0.4, 0.5) is 0 Å². The van der Waals surface area contributed by atoms with E-state index in [0.29, 0.717) is 6.04 Å². The number of hydrogen-bond acceptors (Lipinski definition) is 1. The van der Waals surface area contributed by atoms with Crippen LogP contribution in [0.5, 0.6) is 0 Å². The van der Waals surface area contributed by atoms with E-state index in [-0.39, 0.29) is 0 Å². The largest absolute Gasteiger partial charge is 0.383 e. The lowest BCUT2D eigenvalue weighted by atomic mass is 10.2. The van der Waals surface area contributed by atoms with Crippen molar-refractivity contribution >= 4 is 11.6 Å². The predicted octanol–water partition coefficient (Wildman–Crippen LogP) is 1.61. The highest BCUT2D eigenvalue weighted by atomic mass is 35.5. The second-order valence-corrected chi connectivity index (χ2v) is 2.24. The monoisotopic (exact) mass is 129 g/mol.